The zero-order chi connectivity index (χ0) is 10.1. The number of ether oxygens (including phenoxy) is 1. The highest BCUT2D eigenvalue weighted by atomic mass is 32.1. The number of aromatic nitrogens is 3. The predicted octanol–water partition coefficient (Wildman–Crippen LogP) is 0.659. The van der Waals surface area contributed by atoms with E-state index < -0.39 is 0 Å². The minimum atomic E-state index is -0.172. The molecule has 1 aromatic rings. The molecule has 1 aliphatic rings. The number of hydrogen-bond acceptors (Lipinski definition) is 3. The molecule has 0 aliphatic carbocycles. The van der Waals surface area contributed by atoms with Crippen molar-refractivity contribution < 1.29 is 4.74 Å². The zero-order valence-electron chi connectivity index (χ0n) is 7.95. The van der Waals surface area contributed by atoms with Gasteiger partial charge in [-0.1, -0.05) is 0 Å². The molecule has 2 rings (SSSR count). The van der Waals surface area contributed by atoms with E-state index in [9.17, 15) is 4.79 Å². The van der Waals surface area contributed by atoms with Crippen molar-refractivity contribution in [2.75, 3.05) is 6.61 Å². The Kier molecular flexibility index (Phi) is 2.56. The Hall–Kier alpha value is -0.880. The Balaban J connectivity index is 2.18. The van der Waals surface area contributed by atoms with Gasteiger partial charge in [-0.25, -0.2) is 9.89 Å². The van der Waals surface area contributed by atoms with Crippen LogP contribution < -0.4 is 5.69 Å². The third kappa shape index (κ3) is 1.67. The first kappa shape index (κ1) is 9.67. The summed E-state index contributed by atoms with van der Waals surface area (Å²) in [6.45, 7) is 3.45. The summed E-state index contributed by atoms with van der Waals surface area (Å²) in [5.41, 5.74) is -0.172. The van der Waals surface area contributed by atoms with Crippen molar-refractivity contribution in [1.82, 2.24) is 14.8 Å². The number of nitrogens with one attached hydrogen (secondary N) is 2. The number of hydrogen-bond donors (Lipinski definition) is 2. The quantitative estimate of drug-likeness (QED) is 0.712. The molecule has 6 heteroatoms. The van der Waals surface area contributed by atoms with Crippen molar-refractivity contribution in [3.8, 4) is 0 Å². The van der Waals surface area contributed by atoms with Crippen molar-refractivity contribution in [3.63, 3.8) is 0 Å². The smallest absolute Gasteiger partial charge is 0.342 e. The van der Waals surface area contributed by atoms with Gasteiger partial charge in [0.1, 0.15) is 0 Å². The van der Waals surface area contributed by atoms with Crippen LogP contribution in [0.15, 0.2) is 4.79 Å². The van der Waals surface area contributed by atoms with Gasteiger partial charge in [0.15, 0.2) is 4.77 Å². The topological polar surface area (TPSA) is 62.8 Å². The summed E-state index contributed by atoms with van der Waals surface area (Å²) in [5.74, 6) is 0.388. The van der Waals surface area contributed by atoms with Crippen LogP contribution in [0, 0.1) is 10.7 Å². The van der Waals surface area contributed by atoms with Crippen LogP contribution in [0.5, 0.6) is 0 Å². The molecular formula is C8H13N3O2S. The monoisotopic (exact) mass is 215 g/mol. The fraction of sp³-hybridized carbons (Fsp3) is 0.750. The lowest BCUT2D eigenvalue weighted by Crippen LogP contribution is -2.25. The molecule has 2 unspecified atom stereocenters. The van der Waals surface area contributed by atoms with Gasteiger partial charge in [-0.05, 0) is 25.6 Å². The number of nitrogens with zero attached hydrogens (tertiary/aromatic N) is 1. The average Bonchev–Trinajstić information content (AvgIpc) is 2.67. The molecule has 2 heterocycles. The maximum atomic E-state index is 11.3. The molecule has 2 atom stereocenters. The zero-order valence-corrected chi connectivity index (χ0v) is 8.76. The van der Waals surface area contributed by atoms with Crippen LogP contribution >= 0.6 is 12.2 Å². The van der Waals surface area contributed by atoms with Gasteiger partial charge in [0, 0.05) is 19.1 Å². The molecule has 5 nitrogen and oxygen atoms in total. The Morgan fingerprint density at radius 1 is 1.64 bits per heavy atom. The Morgan fingerprint density at radius 2 is 2.43 bits per heavy atom. The molecule has 14 heavy (non-hydrogen) atoms. The fourth-order valence-corrected chi connectivity index (χ4v) is 1.96. The van der Waals surface area contributed by atoms with Crippen molar-refractivity contribution in [3.05, 3.63) is 15.3 Å². The Morgan fingerprint density at radius 3 is 2.93 bits per heavy atom. The van der Waals surface area contributed by atoms with Gasteiger partial charge < -0.3 is 4.74 Å². The summed E-state index contributed by atoms with van der Waals surface area (Å²) in [6.07, 6.45) is 1.21. The normalized spacial score (nSPS) is 26.9. The summed E-state index contributed by atoms with van der Waals surface area (Å²) in [4.78, 5) is 11.3. The molecule has 0 bridgehead atoms. The van der Waals surface area contributed by atoms with Crippen LogP contribution in [0.4, 0.5) is 0 Å². The molecule has 0 aromatic carbocycles. The molecule has 0 amide bonds. The van der Waals surface area contributed by atoms with Gasteiger partial charge in [0.05, 0.1) is 6.10 Å². The van der Waals surface area contributed by atoms with Gasteiger partial charge in [-0.2, -0.15) is 0 Å². The molecule has 1 saturated heterocycles. The molecule has 2 N–H and O–H groups in total. The molecule has 0 radical (unpaired) electrons. The van der Waals surface area contributed by atoms with Crippen LogP contribution in [0.1, 0.15) is 13.3 Å². The number of rotatable bonds is 2. The molecule has 0 saturated carbocycles. The first-order chi connectivity index (χ1) is 6.68. The van der Waals surface area contributed by atoms with E-state index >= 15 is 0 Å². The lowest BCUT2D eigenvalue weighted by molar-refractivity contribution is 0.101. The summed E-state index contributed by atoms with van der Waals surface area (Å²) in [6, 6.07) is 0. The lowest BCUT2D eigenvalue weighted by atomic mass is 10.0. The SMILES string of the molecule is CC1OCCC1Cn1c(=O)[nH][nH]c1=S. The standard InChI is InChI=1S/C8H13N3O2S/c1-5-6(2-3-13-5)4-11-7(12)9-10-8(11)14/h5-6H,2-4H2,1H3,(H,9,12)(H,10,14). The van der Waals surface area contributed by atoms with E-state index in [0.29, 0.717) is 17.2 Å². The Bertz CT molecular complexity index is 391. The van der Waals surface area contributed by atoms with Crippen molar-refractivity contribution in [2.24, 2.45) is 5.92 Å². The fourth-order valence-electron chi connectivity index (χ4n) is 1.75. The summed E-state index contributed by atoms with van der Waals surface area (Å²) in [5, 5.41) is 5.09. The molecular weight excluding hydrogens is 202 g/mol. The molecule has 1 aliphatic heterocycles. The summed E-state index contributed by atoms with van der Waals surface area (Å²) >= 11 is 4.98. The van der Waals surface area contributed by atoms with Gasteiger partial charge in [-0.15, -0.1) is 0 Å². The van der Waals surface area contributed by atoms with Crippen LogP contribution in [0.3, 0.4) is 0 Å². The number of H-pyrrole nitrogens is 2. The van der Waals surface area contributed by atoms with E-state index in [1.807, 2.05) is 6.92 Å². The Labute approximate surface area is 86.1 Å². The van der Waals surface area contributed by atoms with E-state index in [4.69, 9.17) is 17.0 Å². The minimum Gasteiger partial charge on any atom is -0.378 e. The molecule has 78 valence electrons. The van der Waals surface area contributed by atoms with E-state index in [1.165, 1.54) is 0 Å². The van der Waals surface area contributed by atoms with E-state index in [1.54, 1.807) is 4.57 Å². The first-order valence-corrected chi connectivity index (χ1v) is 5.08. The van der Waals surface area contributed by atoms with Crippen LogP contribution in [-0.4, -0.2) is 27.5 Å². The van der Waals surface area contributed by atoms with Gasteiger partial charge in [-0.3, -0.25) is 9.67 Å². The van der Waals surface area contributed by atoms with Crippen molar-refractivity contribution in [1.29, 1.82) is 0 Å². The minimum absolute atomic E-state index is 0.172. The van der Waals surface area contributed by atoms with Gasteiger partial charge in [0.25, 0.3) is 0 Å². The maximum absolute atomic E-state index is 11.3. The van der Waals surface area contributed by atoms with Gasteiger partial charge in [0.2, 0.25) is 0 Å². The first-order valence-electron chi connectivity index (χ1n) is 4.67. The van der Waals surface area contributed by atoms with Crippen molar-refractivity contribution in [2.45, 2.75) is 26.0 Å². The largest absolute Gasteiger partial charge is 0.378 e. The van der Waals surface area contributed by atoms with Crippen molar-refractivity contribution >= 4 is 12.2 Å². The van der Waals surface area contributed by atoms with Crippen LogP contribution in [-0.2, 0) is 11.3 Å². The number of aromatic amines is 2. The highest BCUT2D eigenvalue weighted by molar-refractivity contribution is 7.71. The molecule has 1 fully saturated rings. The van der Waals surface area contributed by atoms with E-state index in [-0.39, 0.29) is 11.8 Å². The highest BCUT2D eigenvalue weighted by Crippen LogP contribution is 2.21. The average molecular weight is 215 g/mol. The second-order valence-electron chi connectivity index (χ2n) is 3.60. The van der Waals surface area contributed by atoms with E-state index in [0.717, 1.165) is 13.0 Å². The maximum Gasteiger partial charge on any atom is 0.342 e. The second kappa shape index (κ2) is 3.70. The molecule has 1 aromatic heterocycles. The predicted molar refractivity (Wildman–Crippen MR) is 53.8 cm³/mol. The van der Waals surface area contributed by atoms with Gasteiger partial charge >= 0.3 is 5.69 Å². The second-order valence-corrected chi connectivity index (χ2v) is 3.98. The third-order valence-corrected chi connectivity index (χ3v) is 3.04. The van der Waals surface area contributed by atoms with E-state index in [2.05, 4.69) is 10.2 Å². The summed E-state index contributed by atoms with van der Waals surface area (Å²) in [7, 11) is 0. The third-order valence-electron chi connectivity index (χ3n) is 2.72. The molecule has 0 spiro atoms. The van der Waals surface area contributed by atoms with Crippen LogP contribution in [0.2, 0.25) is 0 Å². The summed E-state index contributed by atoms with van der Waals surface area (Å²) < 4.78 is 7.42. The van der Waals surface area contributed by atoms with Crippen LogP contribution in [0.25, 0.3) is 0 Å². The lowest BCUT2D eigenvalue weighted by Gasteiger charge is -2.12. The highest BCUT2D eigenvalue weighted by Gasteiger charge is 2.25.